The monoisotopic (exact) mass is 514 g/mol. The molecule has 3 aromatic heterocycles. The van der Waals surface area contributed by atoms with Crippen molar-refractivity contribution in [2.45, 2.75) is 70.2 Å². The van der Waals surface area contributed by atoms with E-state index >= 15 is 0 Å². The second-order valence-electron chi connectivity index (χ2n) is 9.81. The molecule has 10 nitrogen and oxygen atoms in total. The highest BCUT2D eigenvalue weighted by atomic mass is 32.1. The minimum Gasteiger partial charge on any atom is -0.396 e. The molecule has 3 aromatic rings. The highest BCUT2D eigenvalue weighted by molar-refractivity contribution is 7.21. The van der Waals surface area contributed by atoms with Crippen molar-refractivity contribution in [1.82, 2.24) is 19.9 Å². The van der Waals surface area contributed by atoms with Gasteiger partial charge in [-0.2, -0.15) is 4.98 Å². The van der Waals surface area contributed by atoms with E-state index in [1.165, 1.54) is 0 Å². The Hall–Kier alpha value is -2.44. The second kappa shape index (κ2) is 10.5. The molecule has 3 heterocycles. The van der Waals surface area contributed by atoms with E-state index in [1.807, 2.05) is 33.0 Å². The molecule has 5 atom stereocenters. The number of aryl methyl sites for hydroxylation is 1. The third-order valence-electron chi connectivity index (χ3n) is 6.91. The maximum atomic E-state index is 10.7. The Morgan fingerprint density at radius 2 is 2.00 bits per heavy atom. The lowest BCUT2D eigenvalue weighted by atomic mass is 10.1. The summed E-state index contributed by atoms with van der Waals surface area (Å²) in [6.07, 6.45) is 2.51. The fourth-order valence-electron chi connectivity index (χ4n) is 4.82. The molecule has 5 rings (SSSR count). The van der Waals surface area contributed by atoms with Gasteiger partial charge in [0.1, 0.15) is 22.4 Å². The van der Waals surface area contributed by atoms with Crippen LogP contribution >= 0.6 is 11.3 Å². The second-order valence-corrected chi connectivity index (χ2v) is 10.8. The zero-order chi connectivity index (χ0) is 25.4. The van der Waals surface area contributed by atoms with Crippen LogP contribution in [0.2, 0.25) is 0 Å². The average Bonchev–Trinajstić information content (AvgIpc) is 3.55. The first-order valence-corrected chi connectivity index (χ1v) is 13.4. The highest BCUT2D eigenvalue weighted by Gasteiger charge is 2.41. The number of aromatic nitrogens is 4. The molecule has 0 spiro atoms. The number of thiazole rings is 1. The van der Waals surface area contributed by atoms with E-state index in [2.05, 4.69) is 15.6 Å². The lowest BCUT2D eigenvalue weighted by Crippen LogP contribution is -2.36. The van der Waals surface area contributed by atoms with Gasteiger partial charge in [-0.25, -0.2) is 9.97 Å². The lowest BCUT2D eigenvalue weighted by Gasteiger charge is -2.22. The third-order valence-corrected chi connectivity index (χ3v) is 7.95. The van der Waals surface area contributed by atoms with Crippen molar-refractivity contribution in [3.05, 3.63) is 23.7 Å². The molecule has 2 aliphatic carbocycles. The van der Waals surface area contributed by atoms with Gasteiger partial charge in [0.2, 0.25) is 5.95 Å². The summed E-state index contributed by atoms with van der Waals surface area (Å²) >= 11 is 1.57. The molecule has 0 bridgehead atoms. The van der Waals surface area contributed by atoms with Gasteiger partial charge in [0.25, 0.3) is 0 Å². The van der Waals surface area contributed by atoms with Crippen LogP contribution in [-0.2, 0) is 4.74 Å². The average molecular weight is 515 g/mol. The predicted octanol–water partition coefficient (Wildman–Crippen LogP) is 2.69. The summed E-state index contributed by atoms with van der Waals surface area (Å²) in [6, 6.07) is 1.51. The first-order chi connectivity index (χ1) is 17.4. The smallest absolute Gasteiger partial charge is 0.225 e. The number of aliphatic hydroxyl groups excluding tert-OH is 3. The minimum atomic E-state index is -1.03. The minimum absolute atomic E-state index is 0.00432. The van der Waals surface area contributed by atoms with Gasteiger partial charge < -0.3 is 30.7 Å². The molecular weight excluding hydrogens is 480 g/mol. The molecule has 194 valence electrons. The molecule has 36 heavy (non-hydrogen) atoms. The number of hydrogen-bond donors (Lipinski definition) is 5. The highest BCUT2D eigenvalue weighted by Crippen LogP contribution is 2.44. The van der Waals surface area contributed by atoms with Crippen molar-refractivity contribution in [2.24, 2.45) is 5.92 Å². The quantitative estimate of drug-likeness (QED) is 0.274. The number of hydrogen-bond acceptors (Lipinski definition) is 11. The van der Waals surface area contributed by atoms with E-state index in [9.17, 15) is 15.3 Å². The van der Waals surface area contributed by atoms with Gasteiger partial charge in [0, 0.05) is 37.3 Å². The van der Waals surface area contributed by atoms with Gasteiger partial charge in [-0.1, -0.05) is 0 Å². The predicted molar refractivity (Wildman–Crippen MR) is 139 cm³/mol. The van der Waals surface area contributed by atoms with E-state index in [-0.39, 0.29) is 12.6 Å². The zero-order valence-corrected chi connectivity index (χ0v) is 21.6. The van der Waals surface area contributed by atoms with Crippen LogP contribution in [0.1, 0.15) is 50.4 Å². The van der Waals surface area contributed by atoms with E-state index < -0.39 is 24.2 Å². The van der Waals surface area contributed by atoms with Crippen molar-refractivity contribution in [2.75, 3.05) is 30.5 Å². The number of nitrogens with zero attached hydrogens (tertiary/aromatic N) is 4. The lowest BCUT2D eigenvalue weighted by molar-refractivity contribution is 0.00446. The summed E-state index contributed by atoms with van der Waals surface area (Å²) in [5, 5.41) is 38.1. The van der Waals surface area contributed by atoms with Crippen molar-refractivity contribution in [1.29, 1.82) is 0 Å². The topological polar surface area (TPSA) is 146 Å². The Morgan fingerprint density at radius 1 is 1.19 bits per heavy atom. The number of rotatable bonds is 10. The van der Waals surface area contributed by atoms with Gasteiger partial charge in [0.05, 0.1) is 40.4 Å². The van der Waals surface area contributed by atoms with Crippen molar-refractivity contribution < 1.29 is 20.1 Å². The number of ether oxygens (including phenoxy) is 1. The molecule has 0 aromatic carbocycles. The van der Waals surface area contributed by atoms with Crippen LogP contribution in [0.3, 0.4) is 0 Å². The van der Waals surface area contributed by atoms with Gasteiger partial charge in [-0.05, 0) is 46.1 Å². The van der Waals surface area contributed by atoms with E-state index in [0.717, 1.165) is 45.0 Å². The summed E-state index contributed by atoms with van der Waals surface area (Å²) in [6.45, 7) is 6.82. The largest absolute Gasteiger partial charge is 0.396 e. The molecule has 0 aliphatic heterocycles. The van der Waals surface area contributed by atoms with Crippen LogP contribution in [0.4, 0.5) is 11.8 Å². The molecule has 0 unspecified atom stereocenters. The van der Waals surface area contributed by atoms with E-state index in [4.69, 9.17) is 19.7 Å². The van der Waals surface area contributed by atoms with Crippen LogP contribution in [0.25, 0.3) is 20.8 Å². The Bertz CT molecular complexity index is 1220. The van der Waals surface area contributed by atoms with Gasteiger partial charge in [0.15, 0.2) is 0 Å². The third kappa shape index (κ3) is 5.03. The normalized spacial score (nSPS) is 24.8. The molecule has 11 heteroatoms. The summed E-state index contributed by atoms with van der Waals surface area (Å²) < 4.78 is 6.58. The fourth-order valence-corrected chi connectivity index (χ4v) is 5.88. The summed E-state index contributed by atoms with van der Waals surface area (Å²) in [5.41, 5.74) is 3.47. The number of pyridine rings is 1. The van der Waals surface area contributed by atoms with Crippen molar-refractivity contribution >= 4 is 33.3 Å². The first-order valence-electron chi connectivity index (χ1n) is 12.6. The van der Waals surface area contributed by atoms with Crippen LogP contribution < -0.4 is 10.6 Å². The number of anilines is 2. The molecule has 5 N–H and O–H groups in total. The number of nitrogens with one attached hydrogen (secondary N) is 2. The van der Waals surface area contributed by atoms with Gasteiger partial charge >= 0.3 is 0 Å². The zero-order valence-electron chi connectivity index (χ0n) is 20.8. The molecule has 0 amide bonds. The summed E-state index contributed by atoms with van der Waals surface area (Å²) in [5.74, 6) is 1.05. The summed E-state index contributed by atoms with van der Waals surface area (Å²) in [4.78, 5) is 19.1. The summed E-state index contributed by atoms with van der Waals surface area (Å²) in [7, 11) is 0. The standard InChI is InChI=1S/C25H34N6O4S/c1-4-35-11-12(2)27-25-28-13(3)18(23(31-25)29-16-9-15(10-32)21(33)22(16)34)24-30-20-17(36-24)7-8-26-19(20)14-5-6-14/h7-8,12,14-16,21-22,32-34H,4-6,9-11H2,1-3H3,(H2,27,28,29,31)/t12-,15-,16-,21-,22+/m1/s1. The van der Waals surface area contributed by atoms with E-state index in [1.54, 1.807) is 11.3 Å². The Morgan fingerprint density at radius 3 is 2.69 bits per heavy atom. The maximum absolute atomic E-state index is 10.7. The Balaban J connectivity index is 1.53. The van der Waals surface area contributed by atoms with Crippen LogP contribution in [0, 0.1) is 12.8 Å². The maximum Gasteiger partial charge on any atom is 0.225 e. The van der Waals surface area contributed by atoms with Gasteiger partial charge in [-0.15, -0.1) is 11.3 Å². The molecule has 2 saturated carbocycles. The van der Waals surface area contributed by atoms with Gasteiger partial charge in [-0.3, -0.25) is 4.98 Å². The number of aliphatic hydroxyl groups is 3. The molecule has 2 fully saturated rings. The Kier molecular flexibility index (Phi) is 7.36. The first kappa shape index (κ1) is 25.2. The molecule has 0 radical (unpaired) electrons. The molecule has 2 aliphatic rings. The van der Waals surface area contributed by atoms with Crippen LogP contribution in [-0.4, -0.2) is 79.4 Å². The number of fused-ring (bicyclic) bond motifs is 1. The van der Waals surface area contributed by atoms with Crippen LogP contribution in [0.5, 0.6) is 0 Å². The van der Waals surface area contributed by atoms with Crippen molar-refractivity contribution in [3.63, 3.8) is 0 Å². The molecular formula is C25H34N6O4S. The van der Waals surface area contributed by atoms with E-state index in [0.29, 0.717) is 37.3 Å². The molecule has 0 saturated heterocycles. The van der Waals surface area contributed by atoms with Crippen molar-refractivity contribution in [3.8, 4) is 10.6 Å². The fraction of sp³-hybridized carbons (Fsp3) is 0.600. The SMILES string of the molecule is CCOC[C@@H](C)Nc1nc(C)c(-c2nc3c(C4CC4)nccc3s2)c(N[C@@H]2C[C@H](CO)[C@@H](O)[C@H]2O)n1. The Labute approximate surface area is 214 Å². The van der Waals surface area contributed by atoms with Crippen LogP contribution in [0.15, 0.2) is 12.3 Å².